The number of aromatic nitrogens is 1. The van der Waals surface area contributed by atoms with Crippen LogP contribution < -0.4 is 0 Å². The third-order valence-corrected chi connectivity index (χ3v) is 3.90. The molecule has 21 heavy (non-hydrogen) atoms. The minimum Gasteiger partial charge on any atom is -0.396 e. The zero-order valence-electron chi connectivity index (χ0n) is 12.0. The van der Waals surface area contributed by atoms with Gasteiger partial charge in [-0.2, -0.15) is 0 Å². The maximum absolute atomic E-state index is 12.6. The Morgan fingerprint density at radius 2 is 2.19 bits per heavy atom. The normalized spacial score (nSPS) is 15.3. The van der Waals surface area contributed by atoms with Crippen molar-refractivity contribution < 1.29 is 9.90 Å². The first kappa shape index (κ1) is 13.9. The van der Waals surface area contributed by atoms with Crippen molar-refractivity contribution in [2.24, 2.45) is 0 Å². The van der Waals surface area contributed by atoms with Crippen molar-refractivity contribution in [1.82, 2.24) is 9.88 Å². The number of fused-ring (bicyclic) bond motifs is 1. The minimum atomic E-state index is 0.0832. The lowest BCUT2D eigenvalue weighted by atomic mass is 10.0. The molecular weight excluding hydrogens is 264 g/mol. The molecule has 0 atom stereocenters. The lowest BCUT2D eigenvalue weighted by molar-refractivity contribution is 0.102. The standard InChI is InChI=1S/C17H20N2O2/c20-10-4-9-19-8-3-6-14(12-19)17(21)16-11-13-5-1-2-7-15(13)18-16/h1-2,5,7,11-12,18,20H,3-4,6,8-10H2. The summed E-state index contributed by atoms with van der Waals surface area (Å²) < 4.78 is 0. The summed E-state index contributed by atoms with van der Waals surface area (Å²) in [6.07, 6.45) is 4.52. The number of nitrogens with zero attached hydrogens (tertiary/aromatic N) is 1. The van der Waals surface area contributed by atoms with Gasteiger partial charge < -0.3 is 15.0 Å². The summed E-state index contributed by atoms with van der Waals surface area (Å²) in [5.41, 5.74) is 2.51. The Balaban J connectivity index is 1.81. The Kier molecular flexibility index (Phi) is 4.06. The smallest absolute Gasteiger partial charge is 0.206 e. The van der Waals surface area contributed by atoms with E-state index in [1.807, 2.05) is 36.5 Å². The van der Waals surface area contributed by atoms with E-state index in [0.717, 1.165) is 48.8 Å². The average Bonchev–Trinajstić information content (AvgIpc) is 2.96. The van der Waals surface area contributed by atoms with Crippen LogP contribution in [0.1, 0.15) is 29.8 Å². The molecule has 110 valence electrons. The van der Waals surface area contributed by atoms with Crippen LogP contribution in [-0.4, -0.2) is 40.5 Å². The van der Waals surface area contributed by atoms with Gasteiger partial charge >= 0.3 is 0 Å². The number of allylic oxidation sites excluding steroid dienone is 1. The Bertz CT molecular complexity index is 639. The van der Waals surface area contributed by atoms with Crippen LogP contribution in [0.4, 0.5) is 0 Å². The topological polar surface area (TPSA) is 56.3 Å². The van der Waals surface area contributed by atoms with Gasteiger partial charge in [-0.1, -0.05) is 18.2 Å². The number of nitrogens with one attached hydrogen (secondary N) is 1. The number of carbonyl (C=O) groups is 1. The van der Waals surface area contributed by atoms with E-state index in [9.17, 15) is 4.79 Å². The van der Waals surface area contributed by atoms with Gasteiger partial charge in [0.05, 0.1) is 5.69 Å². The van der Waals surface area contributed by atoms with Crippen molar-refractivity contribution in [3.63, 3.8) is 0 Å². The monoisotopic (exact) mass is 284 g/mol. The molecule has 0 unspecified atom stereocenters. The molecule has 2 N–H and O–H groups in total. The van der Waals surface area contributed by atoms with E-state index in [0.29, 0.717) is 5.69 Å². The van der Waals surface area contributed by atoms with Crippen LogP contribution in [0.3, 0.4) is 0 Å². The van der Waals surface area contributed by atoms with E-state index >= 15 is 0 Å². The second-order valence-corrected chi connectivity index (χ2v) is 5.47. The predicted molar refractivity (Wildman–Crippen MR) is 83.2 cm³/mol. The molecule has 1 aromatic heterocycles. The Morgan fingerprint density at radius 3 is 3.00 bits per heavy atom. The van der Waals surface area contributed by atoms with Crippen LogP contribution in [0.2, 0.25) is 0 Å². The maximum Gasteiger partial charge on any atom is 0.206 e. The van der Waals surface area contributed by atoms with E-state index < -0.39 is 0 Å². The van der Waals surface area contributed by atoms with E-state index in [1.54, 1.807) is 0 Å². The Morgan fingerprint density at radius 1 is 1.33 bits per heavy atom. The maximum atomic E-state index is 12.6. The zero-order chi connectivity index (χ0) is 14.7. The Hall–Kier alpha value is -2.07. The van der Waals surface area contributed by atoms with Crippen molar-refractivity contribution in [3.05, 3.63) is 47.8 Å². The number of benzene rings is 1. The molecule has 2 heterocycles. The van der Waals surface area contributed by atoms with Gasteiger partial charge in [0.2, 0.25) is 5.78 Å². The van der Waals surface area contributed by atoms with Gasteiger partial charge in [0, 0.05) is 42.4 Å². The van der Waals surface area contributed by atoms with Gasteiger partial charge in [0.1, 0.15) is 0 Å². The van der Waals surface area contributed by atoms with Crippen molar-refractivity contribution in [2.75, 3.05) is 19.7 Å². The zero-order valence-corrected chi connectivity index (χ0v) is 12.0. The van der Waals surface area contributed by atoms with Gasteiger partial charge in [0.25, 0.3) is 0 Å². The van der Waals surface area contributed by atoms with Gasteiger partial charge in [-0.25, -0.2) is 0 Å². The fourth-order valence-electron chi connectivity index (χ4n) is 2.81. The number of aromatic amines is 1. The van der Waals surface area contributed by atoms with E-state index in [4.69, 9.17) is 5.11 Å². The second-order valence-electron chi connectivity index (χ2n) is 5.47. The predicted octanol–water partition coefficient (Wildman–Crippen LogP) is 2.71. The molecule has 0 spiro atoms. The van der Waals surface area contributed by atoms with Gasteiger partial charge in [0.15, 0.2) is 0 Å². The number of para-hydroxylation sites is 1. The number of rotatable bonds is 5. The highest BCUT2D eigenvalue weighted by Crippen LogP contribution is 2.22. The number of hydrogen-bond acceptors (Lipinski definition) is 3. The summed E-state index contributed by atoms with van der Waals surface area (Å²) >= 11 is 0. The molecule has 0 aliphatic carbocycles. The van der Waals surface area contributed by atoms with Crippen molar-refractivity contribution in [3.8, 4) is 0 Å². The number of carbonyl (C=O) groups excluding carboxylic acids is 1. The molecule has 4 heteroatoms. The first-order valence-corrected chi connectivity index (χ1v) is 7.46. The molecule has 1 aliphatic heterocycles. The molecule has 1 aliphatic rings. The molecule has 0 saturated carbocycles. The SMILES string of the molecule is O=C(C1=CN(CCCO)CCC1)c1cc2ccccc2[nH]1. The van der Waals surface area contributed by atoms with Gasteiger partial charge in [-0.05, 0) is 31.4 Å². The molecule has 0 amide bonds. The highest BCUT2D eigenvalue weighted by molar-refractivity contribution is 6.09. The number of aliphatic hydroxyl groups is 1. The molecule has 0 saturated heterocycles. The van der Waals surface area contributed by atoms with Crippen LogP contribution >= 0.6 is 0 Å². The molecule has 0 bridgehead atoms. The molecule has 0 fully saturated rings. The lowest BCUT2D eigenvalue weighted by Crippen LogP contribution is -2.26. The summed E-state index contributed by atoms with van der Waals surface area (Å²) in [6, 6.07) is 9.84. The first-order valence-electron chi connectivity index (χ1n) is 7.46. The molecule has 1 aromatic carbocycles. The molecule has 2 aromatic rings. The van der Waals surface area contributed by atoms with Crippen LogP contribution in [0.15, 0.2) is 42.1 Å². The number of ketones is 1. The second kappa shape index (κ2) is 6.14. The van der Waals surface area contributed by atoms with Crippen LogP contribution in [0.5, 0.6) is 0 Å². The summed E-state index contributed by atoms with van der Waals surface area (Å²) in [4.78, 5) is 17.9. The first-order chi connectivity index (χ1) is 10.3. The summed E-state index contributed by atoms with van der Waals surface area (Å²) in [5.74, 6) is 0.0832. The number of Topliss-reactive ketones (excluding diaryl/α,β-unsaturated/α-hetero) is 1. The summed E-state index contributed by atoms with van der Waals surface area (Å²) in [7, 11) is 0. The van der Waals surface area contributed by atoms with Crippen molar-refractivity contribution >= 4 is 16.7 Å². The number of hydrogen-bond donors (Lipinski definition) is 2. The largest absolute Gasteiger partial charge is 0.396 e. The Labute approximate surface area is 124 Å². The number of aliphatic hydroxyl groups excluding tert-OH is 1. The quantitative estimate of drug-likeness (QED) is 0.830. The minimum absolute atomic E-state index is 0.0832. The highest BCUT2D eigenvalue weighted by atomic mass is 16.3. The third kappa shape index (κ3) is 3.00. The number of H-pyrrole nitrogens is 1. The van der Waals surface area contributed by atoms with E-state index in [2.05, 4.69) is 9.88 Å². The van der Waals surface area contributed by atoms with E-state index in [-0.39, 0.29) is 12.4 Å². The fourth-order valence-corrected chi connectivity index (χ4v) is 2.81. The molecular formula is C17H20N2O2. The van der Waals surface area contributed by atoms with Crippen LogP contribution in [-0.2, 0) is 0 Å². The summed E-state index contributed by atoms with van der Waals surface area (Å²) in [5, 5.41) is 9.98. The van der Waals surface area contributed by atoms with Crippen LogP contribution in [0.25, 0.3) is 10.9 Å². The fraction of sp³-hybridized carbons (Fsp3) is 0.353. The third-order valence-electron chi connectivity index (χ3n) is 3.90. The van der Waals surface area contributed by atoms with Crippen molar-refractivity contribution in [2.45, 2.75) is 19.3 Å². The van der Waals surface area contributed by atoms with Crippen LogP contribution in [0, 0.1) is 0 Å². The van der Waals surface area contributed by atoms with Crippen molar-refractivity contribution in [1.29, 1.82) is 0 Å². The molecule has 4 nitrogen and oxygen atoms in total. The van der Waals surface area contributed by atoms with Gasteiger partial charge in [-0.15, -0.1) is 0 Å². The van der Waals surface area contributed by atoms with Gasteiger partial charge in [-0.3, -0.25) is 4.79 Å². The molecule has 0 radical (unpaired) electrons. The highest BCUT2D eigenvalue weighted by Gasteiger charge is 2.19. The lowest BCUT2D eigenvalue weighted by Gasteiger charge is -2.25. The molecule has 3 rings (SSSR count). The summed E-state index contributed by atoms with van der Waals surface area (Å²) in [6.45, 7) is 1.96. The average molecular weight is 284 g/mol. The van der Waals surface area contributed by atoms with E-state index in [1.165, 1.54) is 0 Å².